The Morgan fingerprint density at radius 3 is 2.74 bits per heavy atom. The third-order valence-corrected chi connectivity index (χ3v) is 4.72. The van der Waals surface area contributed by atoms with Gasteiger partial charge in [-0.25, -0.2) is 14.2 Å². The summed E-state index contributed by atoms with van der Waals surface area (Å²) in [6.07, 6.45) is 2.79. The maximum atomic E-state index is 13.0. The molecular weight excluding hydrogens is 349 g/mol. The lowest BCUT2D eigenvalue weighted by atomic mass is 9.99. The van der Waals surface area contributed by atoms with E-state index >= 15 is 0 Å². The van der Waals surface area contributed by atoms with Crippen molar-refractivity contribution in [2.24, 2.45) is 5.92 Å². The molecule has 27 heavy (non-hydrogen) atoms. The minimum absolute atomic E-state index is 0.277. The molecule has 1 aliphatic rings. The van der Waals surface area contributed by atoms with Crippen molar-refractivity contribution in [1.82, 2.24) is 9.38 Å². The third kappa shape index (κ3) is 3.28. The predicted molar refractivity (Wildman–Crippen MR) is 98.3 cm³/mol. The van der Waals surface area contributed by atoms with Crippen LogP contribution in [0.1, 0.15) is 22.3 Å². The summed E-state index contributed by atoms with van der Waals surface area (Å²) in [4.78, 5) is 28.0. The standard InChI is InChI=1S/C20H18FN3O3/c1-11-3-4-12(20(26)27-2)7-14(11)13-5-6-18-22-17(10-24(18)9-13)23-19(25)15-8-16(15)21/h3-7,9-10,15-16H,8H2,1-2H3,(H,23,25). The van der Waals surface area contributed by atoms with Gasteiger partial charge >= 0.3 is 5.97 Å². The number of pyridine rings is 1. The molecule has 0 bridgehead atoms. The fourth-order valence-corrected chi connectivity index (χ4v) is 3.04. The molecule has 2 aromatic heterocycles. The number of carbonyl (C=O) groups is 2. The van der Waals surface area contributed by atoms with Crippen LogP contribution < -0.4 is 5.32 Å². The third-order valence-electron chi connectivity index (χ3n) is 4.72. The number of alkyl halides is 1. The van der Waals surface area contributed by atoms with Gasteiger partial charge in [-0.2, -0.15) is 0 Å². The van der Waals surface area contributed by atoms with Gasteiger partial charge in [0.15, 0.2) is 5.82 Å². The number of nitrogens with zero attached hydrogens (tertiary/aromatic N) is 2. The van der Waals surface area contributed by atoms with Crippen molar-refractivity contribution in [2.45, 2.75) is 19.5 Å². The average molecular weight is 367 g/mol. The van der Waals surface area contributed by atoms with Crippen molar-refractivity contribution in [3.05, 3.63) is 53.9 Å². The first-order valence-corrected chi connectivity index (χ1v) is 8.59. The predicted octanol–water partition coefficient (Wildman–Crippen LogP) is 3.39. The number of nitrogens with one attached hydrogen (secondary N) is 1. The monoisotopic (exact) mass is 367 g/mol. The van der Waals surface area contributed by atoms with Crippen molar-refractivity contribution in [2.75, 3.05) is 12.4 Å². The number of hydrogen-bond donors (Lipinski definition) is 1. The quantitative estimate of drug-likeness (QED) is 0.718. The fourth-order valence-electron chi connectivity index (χ4n) is 3.04. The number of aryl methyl sites for hydroxylation is 1. The van der Waals surface area contributed by atoms with Gasteiger partial charge in [0.25, 0.3) is 0 Å². The summed E-state index contributed by atoms with van der Waals surface area (Å²) >= 11 is 0. The highest BCUT2D eigenvalue weighted by Gasteiger charge is 2.43. The Morgan fingerprint density at radius 1 is 1.26 bits per heavy atom. The summed E-state index contributed by atoms with van der Waals surface area (Å²) in [6.45, 7) is 1.96. The number of halogens is 1. The molecule has 1 aliphatic carbocycles. The second-order valence-electron chi connectivity index (χ2n) is 6.68. The lowest BCUT2D eigenvalue weighted by Crippen LogP contribution is -2.15. The number of rotatable bonds is 4. The molecule has 1 amide bonds. The maximum absolute atomic E-state index is 13.0. The van der Waals surface area contributed by atoms with E-state index in [-0.39, 0.29) is 12.3 Å². The SMILES string of the molecule is COC(=O)c1ccc(C)c(-c2ccc3nc(NC(=O)C4CC4F)cn3c2)c1. The summed E-state index contributed by atoms with van der Waals surface area (Å²) in [6, 6.07) is 9.11. The molecule has 0 radical (unpaired) electrons. The summed E-state index contributed by atoms with van der Waals surface area (Å²) in [5.41, 5.74) is 3.94. The van der Waals surface area contributed by atoms with E-state index in [0.29, 0.717) is 17.0 Å². The first-order valence-electron chi connectivity index (χ1n) is 8.59. The van der Waals surface area contributed by atoms with Crippen LogP contribution >= 0.6 is 0 Å². The molecule has 0 saturated heterocycles. The fraction of sp³-hybridized carbons (Fsp3) is 0.250. The van der Waals surface area contributed by atoms with Crippen molar-refractivity contribution in [1.29, 1.82) is 0 Å². The highest BCUT2D eigenvalue weighted by atomic mass is 19.1. The molecule has 2 atom stereocenters. The molecule has 1 fully saturated rings. The molecule has 1 N–H and O–H groups in total. The number of aromatic nitrogens is 2. The van der Waals surface area contributed by atoms with E-state index < -0.39 is 18.1 Å². The van der Waals surface area contributed by atoms with E-state index in [0.717, 1.165) is 16.7 Å². The largest absolute Gasteiger partial charge is 0.465 e. The van der Waals surface area contributed by atoms with Gasteiger partial charge in [-0.1, -0.05) is 6.07 Å². The molecule has 1 saturated carbocycles. The number of anilines is 1. The average Bonchev–Trinajstić information content (AvgIpc) is 3.26. The van der Waals surface area contributed by atoms with E-state index in [2.05, 4.69) is 10.3 Å². The Bertz CT molecular complexity index is 1060. The van der Waals surface area contributed by atoms with E-state index in [1.54, 1.807) is 22.7 Å². The van der Waals surface area contributed by atoms with Gasteiger partial charge in [0, 0.05) is 6.20 Å². The van der Waals surface area contributed by atoms with Crippen LogP contribution in [0.3, 0.4) is 0 Å². The normalized spacial score (nSPS) is 18.3. The minimum Gasteiger partial charge on any atom is -0.465 e. The van der Waals surface area contributed by atoms with Crippen LogP contribution in [0.25, 0.3) is 16.8 Å². The van der Waals surface area contributed by atoms with Gasteiger partial charge in [0.1, 0.15) is 11.8 Å². The number of hydrogen-bond acceptors (Lipinski definition) is 4. The smallest absolute Gasteiger partial charge is 0.337 e. The highest BCUT2D eigenvalue weighted by Crippen LogP contribution is 2.34. The molecule has 3 aromatic rings. The van der Waals surface area contributed by atoms with Crippen LogP contribution in [0, 0.1) is 12.8 Å². The Labute approximate surface area is 155 Å². The summed E-state index contributed by atoms with van der Waals surface area (Å²) in [7, 11) is 1.35. The zero-order valence-corrected chi connectivity index (χ0v) is 14.9. The van der Waals surface area contributed by atoms with Crippen molar-refractivity contribution in [3.8, 4) is 11.1 Å². The second-order valence-corrected chi connectivity index (χ2v) is 6.68. The molecular formula is C20H18FN3O3. The highest BCUT2D eigenvalue weighted by molar-refractivity contribution is 5.94. The molecule has 138 valence electrons. The number of ether oxygens (including phenoxy) is 1. The molecule has 0 spiro atoms. The van der Waals surface area contributed by atoms with Gasteiger partial charge in [0.2, 0.25) is 5.91 Å². The molecule has 7 heteroatoms. The molecule has 0 aliphatic heterocycles. The number of fused-ring (bicyclic) bond motifs is 1. The summed E-state index contributed by atoms with van der Waals surface area (Å²) < 4.78 is 19.6. The van der Waals surface area contributed by atoms with Crippen molar-refractivity contribution < 1.29 is 18.7 Å². The Kier molecular flexibility index (Phi) is 4.14. The van der Waals surface area contributed by atoms with Crippen LogP contribution in [-0.2, 0) is 9.53 Å². The second kappa shape index (κ2) is 6.50. The number of imidazole rings is 1. The number of amides is 1. The Hall–Kier alpha value is -3.22. The van der Waals surface area contributed by atoms with Gasteiger partial charge in [0.05, 0.1) is 24.8 Å². The molecule has 6 nitrogen and oxygen atoms in total. The zero-order valence-electron chi connectivity index (χ0n) is 14.9. The number of methoxy groups -OCH3 is 1. The lowest BCUT2D eigenvalue weighted by Gasteiger charge is -2.09. The Morgan fingerprint density at radius 2 is 2.04 bits per heavy atom. The number of esters is 1. The van der Waals surface area contributed by atoms with Crippen LogP contribution in [0.4, 0.5) is 10.2 Å². The molecule has 4 rings (SSSR count). The summed E-state index contributed by atoms with van der Waals surface area (Å²) in [5.74, 6) is -0.908. The van der Waals surface area contributed by atoms with Crippen molar-refractivity contribution in [3.63, 3.8) is 0 Å². The summed E-state index contributed by atoms with van der Waals surface area (Å²) in [5, 5.41) is 2.65. The van der Waals surface area contributed by atoms with Gasteiger partial charge in [-0.05, 0) is 54.3 Å². The van der Waals surface area contributed by atoms with Gasteiger partial charge in [-0.15, -0.1) is 0 Å². The van der Waals surface area contributed by atoms with Crippen LogP contribution in [0.5, 0.6) is 0 Å². The maximum Gasteiger partial charge on any atom is 0.337 e. The first kappa shape index (κ1) is 17.2. The molecule has 2 unspecified atom stereocenters. The number of carbonyl (C=O) groups excluding carboxylic acids is 2. The molecule has 2 heterocycles. The zero-order chi connectivity index (χ0) is 19.1. The van der Waals surface area contributed by atoms with E-state index in [1.807, 2.05) is 31.3 Å². The molecule has 1 aromatic carbocycles. The topological polar surface area (TPSA) is 72.7 Å². The van der Waals surface area contributed by atoms with E-state index in [9.17, 15) is 14.0 Å². The van der Waals surface area contributed by atoms with Crippen LogP contribution in [0.15, 0.2) is 42.7 Å². The first-order chi connectivity index (χ1) is 13.0. The van der Waals surface area contributed by atoms with Gasteiger partial charge < -0.3 is 14.5 Å². The van der Waals surface area contributed by atoms with E-state index in [4.69, 9.17) is 4.74 Å². The number of benzene rings is 1. The minimum atomic E-state index is -1.04. The van der Waals surface area contributed by atoms with Crippen LogP contribution in [-0.4, -0.2) is 34.5 Å². The lowest BCUT2D eigenvalue weighted by molar-refractivity contribution is -0.117. The van der Waals surface area contributed by atoms with Crippen molar-refractivity contribution >= 4 is 23.3 Å². The van der Waals surface area contributed by atoms with Crippen LogP contribution in [0.2, 0.25) is 0 Å². The van der Waals surface area contributed by atoms with E-state index in [1.165, 1.54) is 7.11 Å². The van der Waals surface area contributed by atoms with Gasteiger partial charge in [-0.3, -0.25) is 4.79 Å². The Balaban J connectivity index is 1.65.